The Morgan fingerprint density at radius 1 is 0.850 bits per heavy atom. The maximum atomic E-state index is 5.81. The second-order valence-electron chi connectivity index (χ2n) is 4.67. The second-order valence-corrected chi connectivity index (χ2v) is 4.67. The zero-order valence-corrected chi connectivity index (χ0v) is 11.4. The van der Waals surface area contributed by atoms with Crippen molar-refractivity contribution >= 4 is 5.95 Å². The van der Waals surface area contributed by atoms with Crippen molar-refractivity contribution in [3.05, 3.63) is 47.8 Å². The number of rotatable bonds is 2. The summed E-state index contributed by atoms with van der Waals surface area (Å²) in [5, 5.41) is 0. The number of anilines is 1. The van der Waals surface area contributed by atoms with Gasteiger partial charge < -0.3 is 10.7 Å². The topological polar surface area (TPSA) is 80.5 Å². The van der Waals surface area contributed by atoms with Crippen molar-refractivity contribution in [2.24, 2.45) is 0 Å². The molecule has 0 amide bonds. The molecule has 3 rings (SSSR count). The van der Waals surface area contributed by atoms with Gasteiger partial charge in [0.15, 0.2) is 5.95 Å². The van der Waals surface area contributed by atoms with E-state index in [0.29, 0.717) is 5.95 Å². The van der Waals surface area contributed by atoms with E-state index in [1.54, 1.807) is 0 Å². The van der Waals surface area contributed by atoms with Crippen LogP contribution in [0.15, 0.2) is 36.4 Å². The molecule has 100 valence electrons. The van der Waals surface area contributed by atoms with Crippen LogP contribution in [-0.2, 0) is 0 Å². The predicted molar refractivity (Wildman–Crippen MR) is 78.9 cm³/mol. The summed E-state index contributed by atoms with van der Waals surface area (Å²) < 4.78 is 0. The third-order valence-corrected chi connectivity index (χ3v) is 3.00. The number of nitrogens with two attached hydrogens (primary N) is 1. The van der Waals surface area contributed by atoms with Crippen LogP contribution in [0.5, 0.6) is 0 Å². The van der Waals surface area contributed by atoms with E-state index >= 15 is 0 Å². The smallest absolute Gasteiger partial charge is 0.198 e. The minimum absolute atomic E-state index is 0.363. The first kappa shape index (κ1) is 12.3. The van der Waals surface area contributed by atoms with Crippen LogP contribution in [0.2, 0.25) is 0 Å². The van der Waals surface area contributed by atoms with Gasteiger partial charge in [0, 0.05) is 11.4 Å². The Morgan fingerprint density at radius 2 is 1.45 bits per heavy atom. The lowest BCUT2D eigenvalue weighted by Crippen LogP contribution is -1.91. The van der Waals surface area contributed by atoms with Crippen LogP contribution in [0.1, 0.15) is 11.4 Å². The van der Waals surface area contributed by atoms with E-state index in [2.05, 4.69) is 19.9 Å². The van der Waals surface area contributed by atoms with Gasteiger partial charge in [-0.3, -0.25) is 9.97 Å². The average Bonchev–Trinajstić information content (AvgIpc) is 2.81. The third-order valence-electron chi connectivity index (χ3n) is 3.00. The van der Waals surface area contributed by atoms with Crippen molar-refractivity contribution in [2.45, 2.75) is 13.8 Å². The molecule has 0 aliphatic heterocycles. The Labute approximate surface area is 116 Å². The van der Waals surface area contributed by atoms with Gasteiger partial charge >= 0.3 is 0 Å². The number of imidazole rings is 1. The average molecular weight is 265 g/mol. The third kappa shape index (κ3) is 2.25. The standard InChI is InChI=1S/C15H15N5/c1-9-5-3-7-11(17-9)13-14(20-15(16)19-13)12-8-4-6-10(2)18-12/h3-8H,1-2H3,(H3,16,19,20). The van der Waals surface area contributed by atoms with Crippen molar-refractivity contribution in [2.75, 3.05) is 5.73 Å². The van der Waals surface area contributed by atoms with Gasteiger partial charge in [0.25, 0.3) is 0 Å². The molecule has 0 aliphatic carbocycles. The van der Waals surface area contributed by atoms with Crippen LogP contribution in [0.25, 0.3) is 22.8 Å². The van der Waals surface area contributed by atoms with Crippen molar-refractivity contribution in [3.8, 4) is 22.8 Å². The number of hydrogen-bond donors (Lipinski definition) is 2. The maximum Gasteiger partial charge on any atom is 0.198 e. The number of H-pyrrole nitrogens is 1. The van der Waals surface area contributed by atoms with Crippen LogP contribution in [0, 0.1) is 13.8 Å². The molecule has 0 fully saturated rings. The number of nitrogens with zero attached hydrogens (tertiary/aromatic N) is 3. The van der Waals surface area contributed by atoms with Crippen molar-refractivity contribution < 1.29 is 0 Å². The molecule has 0 aromatic carbocycles. The van der Waals surface area contributed by atoms with Crippen LogP contribution < -0.4 is 5.73 Å². The summed E-state index contributed by atoms with van der Waals surface area (Å²) in [6.45, 7) is 3.90. The fraction of sp³-hybridized carbons (Fsp3) is 0.133. The summed E-state index contributed by atoms with van der Waals surface area (Å²) >= 11 is 0. The first-order chi connectivity index (χ1) is 9.63. The quantitative estimate of drug-likeness (QED) is 0.746. The Bertz CT molecular complexity index is 697. The largest absolute Gasteiger partial charge is 0.369 e. The Kier molecular flexibility index (Phi) is 2.95. The molecule has 3 aromatic rings. The summed E-state index contributed by atoms with van der Waals surface area (Å²) in [6.07, 6.45) is 0. The van der Waals surface area contributed by atoms with E-state index in [9.17, 15) is 0 Å². The molecule has 0 aliphatic rings. The predicted octanol–water partition coefficient (Wildman–Crippen LogP) is 2.73. The summed E-state index contributed by atoms with van der Waals surface area (Å²) in [5.74, 6) is 0.363. The molecule has 0 unspecified atom stereocenters. The molecule has 0 saturated carbocycles. The van der Waals surface area contributed by atoms with Crippen molar-refractivity contribution in [1.82, 2.24) is 19.9 Å². The first-order valence-corrected chi connectivity index (χ1v) is 6.37. The first-order valence-electron chi connectivity index (χ1n) is 6.37. The number of aryl methyl sites for hydroxylation is 2. The lowest BCUT2D eigenvalue weighted by Gasteiger charge is -2.03. The van der Waals surface area contributed by atoms with Crippen LogP contribution >= 0.6 is 0 Å². The molecular formula is C15H15N5. The fourth-order valence-corrected chi connectivity index (χ4v) is 2.12. The lowest BCUT2D eigenvalue weighted by molar-refractivity contribution is 1.18. The second kappa shape index (κ2) is 4.77. The monoisotopic (exact) mass is 265 g/mol. The normalized spacial score (nSPS) is 10.7. The highest BCUT2D eigenvalue weighted by molar-refractivity contribution is 5.76. The minimum Gasteiger partial charge on any atom is -0.369 e. The molecule has 5 nitrogen and oxygen atoms in total. The zero-order chi connectivity index (χ0) is 14.1. The van der Waals surface area contributed by atoms with Crippen molar-refractivity contribution in [3.63, 3.8) is 0 Å². The molecule has 0 saturated heterocycles. The zero-order valence-electron chi connectivity index (χ0n) is 11.4. The van der Waals surface area contributed by atoms with E-state index in [1.807, 2.05) is 50.2 Å². The SMILES string of the molecule is Cc1cccc(-c2nc(N)[nH]c2-c2cccc(C)n2)n1. The molecule has 0 atom stereocenters. The summed E-state index contributed by atoms with van der Waals surface area (Å²) in [5.41, 5.74) is 10.8. The highest BCUT2D eigenvalue weighted by Crippen LogP contribution is 2.28. The number of hydrogen-bond acceptors (Lipinski definition) is 4. The van der Waals surface area contributed by atoms with Crippen LogP contribution in [0.4, 0.5) is 5.95 Å². The number of nitrogens with one attached hydrogen (secondary N) is 1. The molecule has 3 aromatic heterocycles. The summed E-state index contributed by atoms with van der Waals surface area (Å²) in [7, 11) is 0. The fourth-order valence-electron chi connectivity index (χ4n) is 2.12. The Balaban J connectivity index is 2.18. The van der Waals surface area contributed by atoms with Crippen LogP contribution in [0.3, 0.4) is 0 Å². The van der Waals surface area contributed by atoms with Gasteiger partial charge in [-0.15, -0.1) is 0 Å². The van der Waals surface area contributed by atoms with Gasteiger partial charge in [0.1, 0.15) is 5.69 Å². The molecule has 3 N–H and O–H groups in total. The van der Waals surface area contributed by atoms with Gasteiger partial charge in [-0.2, -0.15) is 0 Å². The molecule has 3 heterocycles. The molecule has 5 heteroatoms. The summed E-state index contributed by atoms with van der Waals surface area (Å²) in [6, 6.07) is 11.7. The highest BCUT2D eigenvalue weighted by atomic mass is 15.1. The minimum atomic E-state index is 0.363. The van der Waals surface area contributed by atoms with E-state index < -0.39 is 0 Å². The number of nitrogen functional groups attached to an aromatic ring is 1. The van der Waals surface area contributed by atoms with E-state index in [-0.39, 0.29) is 0 Å². The molecule has 20 heavy (non-hydrogen) atoms. The molecule has 0 bridgehead atoms. The molecule has 0 radical (unpaired) electrons. The van der Waals surface area contributed by atoms with E-state index in [1.165, 1.54) is 0 Å². The summed E-state index contributed by atoms with van der Waals surface area (Å²) in [4.78, 5) is 16.4. The van der Waals surface area contributed by atoms with Gasteiger partial charge in [-0.1, -0.05) is 12.1 Å². The molecule has 0 spiro atoms. The Hall–Kier alpha value is -2.69. The van der Waals surface area contributed by atoms with Gasteiger partial charge in [0.2, 0.25) is 0 Å². The number of aromatic amines is 1. The highest BCUT2D eigenvalue weighted by Gasteiger charge is 2.15. The van der Waals surface area contributed by atoms with Gasteiger partial charge in [-0.05, 0) is 38.1 Å². The lowest BCUT2D eigenvalue weighted by atomic mass is 10.1. The van der Waals surface area contributed by atoms with E-state index in [0.717, 1.165) is 34.2 Å². The van der Waals surface area contributed by atoms with E-state index in [4.69, 9.17) is 5.73 Å². The van der Waals surface area contributed by atoms with Gasteiger partial charge in [-0.25, -0.2) is 4.98 Å². The Morgan fingerprint density at radius 3 is 2.10 bits per heavy atom. The maximum absolute atomic E-state index is 5.81. The van der Waals surface area contributed by atoms with Crippen molar-refractivity contribution in [1.29, 1.82) is 0 Å². The van der Waals surface area contributed by atoms with Crippen LogP contribution in [-0.4, -0.2) is 19.9 Å². The number of aromatic nitrogens is 4. The molecular weight excluding hydrogens is 250 g/mol. The van der Waals surface area contributed by atoms with Gasteiger partial charge in [0.05, 0.1) is 17.1 Å². The number of pyridine rings is 2.